The SMILES string of the molecule is Cc1cccn2c(N=Nc3ccccc3Cl)c(C(C)(C)C)nc12. The van der Waals surface area contributed by atoms with Crippen LogP contribution in [0.4, 0.5) is 11.5 Å². The number of aryl methyl sites for hydroxylation is 1. The third-order valence-electron chi connectivity index (χ3n) is 3.64. The van der Waals surface area contributed by atoms with Gasteiger partial charge in [-0.25, -0.2) is 4.98 Å². The lowest BCUT2D eigenvalue weighted by atomic mass is 9.92. The Morgan fingerprint density at radius 2 is 1.78 bits per heavy atom. The molecule has 0 saturated carbocycles. The van der Waals surface area contributed by atoms with Gasteiger partial charge in [0, 0.05) is 11.6 Å². The van der Waals surface area contributed by atoms with Crippen LogP contribution in [0.15, 0.2) is 52.8 Å². The molecule has 0 spiro atoms. The van der Waals surface area contributed by atoms with Crippen molar-refractivity contribution in [2.45, 2.75) is 33.1 Å². The zero-order chi connectivity index (χ0) is 16.6. The summed E-state index contributed by atoms with van der Waals surface area (Å²) in [5.74, 6) is 0.746. The van der Waals surface area contributed by atoms with E-state index in [0.717, 1.165) is 22.7 Å². The van der Waals surface area contributed by atoms with Gasteiger partial charge in [0.25, 0.3) is 0 Å². The van der Waals surface area contributed by atoms with E-state index in [-0.39, 0.29) is 5.41 Å². The molecule has 0 bridgehead atoms. The largest absolute Gasteiger partial charge is 0.283 e. The molecule has 2 heterocycles. The highest BCUT2D eigenvalue weighted by atomic mass is 35.5. The van der Waals surface area contributed by atoms with Crippen LogP contribution in [0.2, 0.25) is 5.02 Å². The number of imidazole rings is 1. The molecule has 0 aliphatic rings. The van der Waals surface area contributed by atoms with Gasteiger partial charge in [-0.2, -0.15) is 0 Å². The molecule has 0 fully saturated rings. The van der Waals surface area contributed by atoms with Crippen molar-refractivity contribution < 1.29 is 0 Å². The number of nitrogens with zero attached hydrogens (tertiary/aromatic N) is 4. The molecule has 0 aliphatic carbocycles. The lowest BCUT2D eigenvalue weighted by Crippen LogP contribution is -2.11. The first kappa shape index (κ1) is 15.7. The molecule has 0 radical (unpaired) electrons. The van der Waals surface area contributed by atoms with E-state index in [1.807, 2.05) is 47.9 Å². The number of azo groups is 1. The molecule has 118 valence electrons. The normalized spacial score (nSPS) is 12.4. The van der Waals surface area contributed by atoms with Gasteiger partial charge in [0.15, 0.2) is 5.82 Å². The average Bonchev–Trinajstić information content (AvgIpc) is 2.87. The predicted octanol–water partition coefficient (Wildman–Crippen LogP) is 6.01. The summed E-state index contributed by atoms with van der Waals surface area (Å²) in [7, 11) is 0. The number of halogens is 1. The number of rotatable bonds is 2. The van der Waals surface area contributed by atoms with E-state index >= 15 is 0 Å². The van der Waals surface area contributed by atoms with Crippen molar-refractivity contribution in [3.8, 4) is 0 Å². The second-order valence-electron chi connectivity index (χ2n) is 6.57. The minimum atomic E-state index is -0.132. The summed E-state index contributed by atoms with van der Waals surface area (Å²) in [5.41, 5.74) is 3.45. The lowest BCUT2D eigenvalue weighted by Gasteiger charge is -2.15. The van der Waals surface area contributed by atoms with Crippen LogP contribution in [-0.4, -0.2) is 9.38 Å². The number of hydrogen-bond acceptors (Lipinski definition) is 3. The van der Waals surface area contributed by atoms with E-state index < -0.39 is 0 Å². The molecule has 3 aromatic rings. The molecule has 5 heteroatoms. The first-order chi connectivity index (χ1) is 10.9. The summed E-state index contributed by atoms with van der Waals surface area (Å²) < 4.78 is 1.98. The summed E-state index contributed by atoms with van der Waals surface area (Å²) in [6.07, 6.45) is 1.96. The quantitative estimate of drug-likeness (QED) is 0.532. The fraction of sp³-hybridized carbons (Fsp3) is 0.278. The lowest BCUT2D eigenvalue weighted by molar-refractivity contribution is 0.573. The van der Waals surface area contributed by atoms with Gasteiger partial charge in [0.2, 0.25) is 0 Å². The Balaban J connectivity index is 2.20. The van der Waals surface area contributed by atoms with E-state index in [1.165, 1.54) is 0 Å². The third-order valence-corrected chi connectivity index (χ3v) is 3.95. The first-order valence-corrected chi connectivity index (χ1v) is 7.90. The molecule has 4 nitrogen and oxygen atoms in total. The highest BCUT2D eigenvalue weighted by Gasteiger charge is 2.24. The molecular weight excluding hydrogens is 308 g/mol. The van der Waals surface area contributed by atoms with Crippen LogP contribution < -0.4 is 0 Å². The van der Waals surface area contributed by atoms with Crippen LogP contribution in [-0.2, 0) is 5.41 Å². The molecule has 1 aromatic carbocycles. The maximum atomic E-state index is 6.16. The number of benzene rings is 1. The van der Waals surface area contributed by atoms with E-state index in [0.29, 0.717) is 10.7 Å². The van der Waals surface area contributed by atoms with Crippen LogP contribution in [0, 0.1) is 6.92 Å². The van der Waals surface area contributed by atoms with Crippen molar-refractivity contribution in [3.63, 3.8) is 0 Å². The summed E-state index contributed by atoms with van der Waals surface area (Å²) in [6, 6.07) is 11.5. The fourth-order valence-corrected chi connectivity index (χ4v) is 2.60. The second kappa shape index (κ2) is 5.78. The van der Waals surface area contributed by atoms with Crippen molar-refractivity contribution in [2.24, 2.45) is 10.2 Å². The maximum Gasteiger partial charge on any atom is 0.183 e. The minimum absolute atomic E-state index is 0.132. The van der Waals surface area contributed by atoms with Crippen LogP contribution >= 0.6 is 11.6 Å². The Kier molecular flexibility index (Phi) is 3.94. The van der Waals surface area contributed by atoms with Gasteiger partial charge in [-0.05, 0) is 30.7 Å². The minimum Gasteiger partial charge on any atom is -0.283 e. The third kappa shape index (κ3) is 2.99. The van der Waals surface area contributed by atoms with Crippen molar-refractivity contribution in [2.75, 3.05) is 0 Å². The number of fused-ring (bicyclic) bond motifs is 1. The van der Waals surface area contributed by atoms with Crippen LogP contribution in [0.25, 0.3) is 5.65 Å². The smallest absolute Gasteiger partial charge is 0.183 e. The van der Waals surface area contributed by atoms with Crippen molar-refractivity contribution in [3.05, 3.63) is 58.9 Å². The second-order valence-corrected chi connectivity index (χ2v) is 6.98. The maximum absolute atomic E-state index is 6.16. The Hall–Kier alpha value is -2.20. The molecule has 0 amide bonds. The van der Waals surface area contributed by atoms with Crippen LogP contribution in [0.3, 0.4) is 0 Å². The van der Waals surface area contributed by atoms with Gasteiger partial charge in [0.1, 0.15) is 11.3 Å². The summed E-state index contributed by atoms with van der Waals surface area (Å²) in [6.45, 7) is 8.42. The highest BCUT2D eigenvalue weighted by Crippen LogP contribution is 2.34. The van der Waals surface area contributed by atoms with Gasteiger partial charge in [-0.3, -0.25) is 4.40 Å². The Morgan fingerprint density at radius 3 is 2.48 bits per heavy atom. The van der Waals surface area contributed by atoms with Gasteiger partial charge in [-0.15, -0.1) is 10.2 Å². The van der Waals surface area contributed by atoms with Crippen molar-refractivity contribution in [1.82, 2.24) is 9.38 Å². The predicted molar refractivity (Wildman–Crippen MR) is 94.3 cm³/mol. The van der Waals surface area contributed by atoms with Crippen LogP contribution in [0.5, 0.6) is 0 Å². The molecule has 0 aliphatic heterocycles. The van der Waals surface area contributed by atoms with Gasteiger partial charge in [-0.1, -0.05) is 50.6 Å². The van der Waals surface area contributed by atoms with E-state index in [9.17, 15) is 0 Å². The number of aromatic nitrogens is 2. The topological polar surface area (TPSA) is 42.0 Å². The molecule has 0 saturated heterocycles. The molecule has 3 rings (SSSR count). The molecule has 0 unspecified atom stereocenters. The molecule has 0 atom stereocenters. The van der Waals surface area contributed by atoms with Gasteiger partial charge < -0.3 is 0 Å². The van der Waals surface area contributed by atoms with Gasteiger partial charge in [0.05, 0.1) is 10.7 Å². The highest BCUT2D eigenvalue weighted by molar-refractivity contribution is 6.32. The van der Waals surface area contributed by atoms with Crippen molar-refractivity contribution in [1.29, 1.82) is 0 Å². The molecular formula is C18H19ClN4. The zero-order valence-corrected chi connectivity index (χ0v) is 14.5. The van der Waals surface area contributed by atoms with Crippen LogP contribution in [0.1, 0.15) is 32.0 Å². The Labute approximate surface area is 140 Å². The van der Waals surface area contributed by atoms with Gasteiger partial charge >= 0.3 is 0 Å². The van der Waals surface area contributed by atoms with E-state index in [1.54, 1.807) is 6.07 Å². The van der Waals surface area contributed by atoms with E-state index in [4.69, 9.17) is 16.6 Å². The Morgan fingerprint density at radius 1 is 1.04 bits per heavy atom. The average molecular weight is 327 g/mol. The number of pyridine rings is 1. The monoisotopic (exact) mass is 326 g/mol. The Bertz CT molecular complexity index is 888. The molecule has 2 aromatic heterocycles. The first-order valence-electron chi connectivity index (χ1n) is 7.52. The van der Waals surface area contributed by atoms with E-state index in [2.05, 4.69) is 31.0 Å². The fourth-order valence-electron chi connectivity index (χ4n) is 2.42. The summed E-state index contributed by atoms with van der Waals surface area (Å²) in [5, 5.41) is 9.39. The molecule has 0 N–H and O–H groups in total. The standard InChI is InChI=1S/C18H19ClN4/c1-12-8-7-11-23-16(12)20-15(18(2,3)4)17(23)22-21-14-10-6-5-9-13(14)19/h5-11H,1-4H3. The molecule has 23 heavy (non-hydrogen) atoms. The number of hydrogen-bond donors (Lipinski definition) is 0. The summed E-state index contributed by atoms with van der Waals surface area (Å²) in [4.78, 5) is 4.79. The summed E-state index contributed by atoms with van der Waals surface area (Å²) >= 11 is 6.16. The zero-order valence-electron chi connectivity index (χ0n) is 13.7. The van der Waals surface area contributed by atoms with Crippen molar-refractivity contribution >= 4 is 28.8 Å².